The first-order valence-corrected chi connectivity index (χ1v) is 5.54. The van der Waals surface area contributed by atoms with E-state index in [1.165, 1.54) is 5.56 Å². The van der Waals surface area contributed by atoms with Crippen LogP contribution in [0.1, 0.15) is 38.7 Å². The zero-order chi connectivity index (χ0) is 11.3. The molecule has 15 heavy (non-hydrogen) atoms. The topological polar surface area (TPSA) is 29.5 Å². The van der Waals surface area contributed by atoms with Crippen molar-refractivity contribution in [3.63, 3.8) is 0 Å². The number of ether oxygens (including phenoxy) is 1. The van der Waals surface area contributed by atoms with Crippen LogP contribution in [0.4, 0.5) is 0 Å². The van der Waals surface area contributed by atoms with Gasteiger partial charge in [-0.1, -0.05) is 26.0 Å². The quantitative estimate of drug-likeness (QED) is 0.806. The second kappa shape index (κ2) is 5.76. The van der Waals surface area contributed by atoms with Gasteiger partial charge in [-0.3, -0.25) is 0 Å². The van der Waals surface area contributed by atoms with Crippen LogP contribution < -0.4 is 4.74 Å². The van der Waals surface area contributed by atoms with Gasteiger partial charge in [-0.05, 0) is 37.0 Å². The van der Waals surface area contributed by atoms with Gasteiger partial charge < -0.3 is 9.84 Å². The average Bonchev–Trinajstić information content (AvgIpc) is 2.26. The molecule has 2 heteroatoms. The smallest absolute Gasteiger partial charge is 0.119 e. The summed E-state index contributed by atoms with van der Waals surface area (Å²) in [6, 6.07) is 8.10. The zero-order valence-corrected chi connectivity index (χ0v) is 9.73. The minimum Gasteiger partial charge on any atom is -0.491 e. The Kier molecular flexibility index (Phi) is 4.63. The molecule has 2 nitrogen and oxygen atoms in total. The minimum atomic E-state index is -0.417. The molecule has 0 aliphatic heterocycles. The average molecular weight is 208 g/mol. The lowest BCUT2D eigenvalue weighted by molar-refractivity contribution is 0.122. The lowest BCUT2D eigenvalue weighted by atomic mass is 9.99. The Morgan fingerprint density at radius 1 is 1.20 bits per heavy atom. The van der Waals surface area contributed by atoms with E-state index >= 15 is 0 Å². The van der Waals surface area contributed by atoms with Crippen LogP contribution in [0.3, 0.4) is 0 Å². The first kappa shape index (κ1) is 12.1. The first-order valence-electron chi connectivity index (χ1n) is 5.54. The summed E-state index contributed by atoms with van der Waals surface area (Å²) in [5, 5.41) is 9.07. The van der Waals surface area contributed by atoms with Crippen molar-refractivity contribution in [2.75, 3.05) is 6.61 Å². The summed E-state index contributed by atoms with van der Waals surface area (Å²) >= 11 is 0. The summed E-state index contributed by atoms with van der Waals surface area (Å²) < 4.78 is 5.39. The third-order valence-corrected chi connectivity index (χ3v) is 2.55. The van der Waals surface area contributed by atoms with E-state index in [0.29, 0.717) is 12.5 Å². The lowest BCUT2D eigenvalue weighted by Crippen LogP contribution is -2.12. The van der Waals surface area contributed by atoms with Gasteiger partial charge in [0.15, 0.2) is 0 Å². The summed E-state index contributed by atoms with van der Waals surface area (Å²) in [7, 11) is 0. The second-order valence-electron chi connectivity index (χ2n) is 4.04. The van der Waals surface area contributed by atoms with Crippen LogP contribution in [0.5, 0.6) is 5.75 Å². The molecule has 1 N–H and O–H groups in total. The molecule has 0 fully saturated rings. The molecular weight excluding hydrogens is 188 g/mol. The van der Waals surface area contributed by atoms with Gasteiger partial charge in [0.1, 0.15) is 12.4 Å². The van der Waals surface area contributed by atoms with Gasteiger partial charge >= 0.3 is 0 Å². The molecule has 2 atom stereocenters. The van der Waals surface area contributed by atoms with Gasteiger partial charge in [-0.2, -0.15) is 0 Å². The highest BCUT2D eigenvalue weighted by Crippen LogP contribution is 2.21. The Balaban J connectivity index is 2.56. The summed E-state index contributed by atoms with van der Waals surface area (Å²) in [4.78, 5) is 0. The van der Waals surface area contributed by atoms with E-state index in [0.717, 1.165) is 12.2 Å². The molecule has 0 aromatic heterocycles. The van der Waals surface area contributed by atoms with E-state index < -0.39 is 6.10 Å². The SMILES string of the molecule is CCC(C)c1ccc(OCC(C)O)cc1. The fraction of sp³-hybridized carbons (Fsp3) is 0.538. The summed E-state index contributed by atoms with van der Waals surface area (Å²) in [5.41, 5.74) is 1.34. The van der Waals surface area contributed by atoms with Crippen LogP contribution in [0.2, 0.25) is 0 Å². The predicted octanol–water partition coefficient (Wildman–Crippen LogP) is 2.96. The van der Waals surface area contributed by atoms with Crippen LogP contribution >= 0.6 is 0 Å². The Morgan fingerprint density at radius 2 is 1.80 bits per heavy atom. The molecule has 84 valence electrons. The number of rotatable bonds is 5. The minimum absolute atomic E-state index is 0.350. The van der Waals surface area contributed by atoms with Crippen molar-refractivity contribution in [1.82, 2.24) is 0 Å². The molecule has 1 rings (SSSR count). The number of hydrogen-bond donors (Lipinski definition) is 1. The van der Waals surface area contributed by atoms with Gasteiger partial charge in [0, 0.05) is 0 Å². The summed E-state index contributed by atoms with van der Waals surface area (Å²) in [5.74, 6) is 1.42. The molecule has 1 aromatic carbocycles. The highest BCUT2D eigenvalue weighted by atomic mass is 16.5. The van der Waals surface area contributed by atoms with Crippen molar-refractivity contribution in [2.45, 2.75) is 39.2 Å². The fourth-order valence-corrected chi connectivity index (χ4v) is 1.35. The summed E-state index contributed by atoms with van der Waals surface area (Å²) in [6.07, 6.45) is 0.729. The van der Waals surface area contributed by atoms with Crippen LogP contribution in [0.15, 0.2) is 24.3 Å². The number of aliphatic hydroxyl groups excluding tert-OH is 1. The zero-order valence-electron chi connectivity index (χ0n) is 9.73. The van der Waals surface area contributed by atoms with E-state index in [9.17, 15) is 0 Å². The van der Waals surface area contributed by atoms with Crippen molar-refractivity contribution in [1.29, 1.82) is 0 Å². The van der Waals surface area contributed by atoms with E-state index in [1.54, 1.807) is 6.92 Å². The normalized spacial score (nSPS) is 14.7. The van der Waals surface area contributed by atoms with Crippen molar-refractivity contribution < 1.29 is 9.84 Å². The molecule has 0 bridgehead atoms. The van der Waals surface area contributed by atoms with Crippen molar-refractivity contribution in [3.05, 3.63) is 29.8 Å². The van der Waals surface area contributed by atoms with E-state index in [2.05, 4.69) is 26.0 Å². The van der Waals surface area contributed by atoms with Gasteiger partial charge in [0.25, 0.3) is 0 Å². The van der Waals surface area contributed by atoms with Crippen LogP contribution in [-0.4, -0.2) is 17.8 Å². The van der Waals surface area contributed by atoms with Crippen molar-refractivity contribution in [3.8, 4) is 5.75 Å². The van der Waals surface area contributed by atoms with Crippen LogP contribution in [-0.2, 0) is 0 Å². The summed E-state index contributed by atoms with van der Waals surface area (Å²) in [6.45, 7) is 6.46. The van der Waals surface area contributed by atoms with E-state index in [1.807, 2.05) is 12.1 Å². The van der Waals surface area contributed by atoms with E-state index in [4.69, 9.17) is 9.84 Å². The number of aliphatic hydroxyl groups is 1. The molecule has 0 saturated carbocycles. The Morgan fingerprint density at radius 3 is 2.27 bits per heavy atom. The molecule has 0 aliphatic carbocycles. The molecule has 0 radical (unpaired) electrons. The standard InChI is InChI=1S/C13H20O2/c1-4-10(2)12-5-7-13(8-6-12)15-9-11(3)14/h5-8,10-11,14H,4,9H2,1-3H3. The first-order chi connectivity index (χ1) is 7.13. The van der Waals surface area contributed by atoms with Gasteiger partial charge in [0.05, 0.1) is 6.10 Å². The molecular formula is C13H20O2. The Bertz CT molecular complexity index is 277. The maximum atomic E-state index is 9.07. The highest BCUT2D eigenvalue weighted by Gasteiger charge is 2.03. The molecule has 1 aromatic rings. The third kappa shape index (κ3) is 3.92. The van der Waals surface area contributed by atoms with Crippen molar-refractivity contribution in [2.24, 2.45) is 0 Å². The van der Waals surface area contributed by atoms with Gasteiger partial charge in [0.2, 0.25) is 0 Å². The predicted molar refractivity (Wildman–Crippen MR) is 62.3 cm³/mol. The highest BCUT2D eigenvalue weighted by molar-refractivity contribution is 5.29. The molecule has 0 spiro atoms. The van der Waals surface area contributed by atoms with Crippen LogP contribution in [0.25, 0.3) is 0 Å². The monoisotopic (exact) mass is 208 g/mol. The van der Waals surface area contributed by atoms with E-state index in [-0.39, 0.29) is 0 Å². The van der Waals surface area contributed by atoms with Gasteiger partial charge in [-0.15, -0.1) is 0 Å². The third-order valence-electron chi connectivity index (χ3n) is 2.55. The second-order valence-corrected chi connectivity index (χ2v) is 4.04. The Hall–Kier alpha value is -1.02. The van der Waals surface area contributed by atoms with Crippen LogP contribution in [0, 0.1) is 0 Å². The molecule has 2 unspecified atom stereocenters. The Labute approximate surface area is 91.9 Å². The number of benzene rings is 1. The maximum Gasteiger partial charge on any atom is 0.119 e. The number of hydrogen-bond acceptors (Lipinski definition) is 2. The fourth-order valence-electron chi connectivity index (χ4n) is 1.35. The van der Waals surface area contributed by atoms with Gasteiger partial charge in [-0.25, -0.2) is 0 Å². The molecule has 0 amide bonds. The maximum absolute atomic E-state index is 9.07. The largest absolute Gasteiger partial charge is 0.491 e. The molecule has 0 saturated heterocycles. The lowest BCUT2D eigenvalue weighted by Gasteiger charge is -2.11. The molecule has 0 aliphatic rings. The molecule has 0 heterocycles. The van der Waals surface area contributed by atoms with Crippen molar-refractivity contribution >= 4 is 0 Å².